The molecule has 24 heavy (non-hydrogen) atoms. The molecule has 0 radical (unpaired) electrons. The van der Waals surface area contributed by atoms with Crippen LogP contribution in [0.1, 0.15) is 25.7 Å². The average Bonchev–Trinajstić information content (AvgIpc) is 3.29. The Bertz CT molecular complexity index is 531. The molecule has 2 aliphatic rings. The number of nitrogens with zero attached hydrogens (tertiary/aromatic N) is 5. The van der Waals surface area contributed by atoms with Crippen LogP contribution in [0.4, 0.5) is 0 Å². The van der Waals surface area contributed by atoms with Gasteiger partial charge in [0.15, 0.2) is 0 Å². The molecule has 7 heteroatoms. The van der Waals surface area contributed by atoms with E-state index in [4.69, 9.17) is 0 Å². The zero-order valence-corrected chi connectivity index (χ0v) is 14.3. The monoisotopic (exact) mass is 333 g/mol. The fourth-order valence-corrected chi connectivity index (χ4v) is 3.40. The van der Waals surface area contributed by atoms with Crippen molar-refractivity contribution in [2.75, 3.05) is 45.8 Å². The predicted molar refractivity (Wildman–Crippen MR) is 90.3 cm³/mol. The van der Waals surface area contributed by atoms with E-state index >= 15 is 0 Å². The number of piperazine rings is 1. The van der Waals surface area contributed by atoms with Crippen LogP contribution in [-0.2, 0) is 16.1 Å². The quantitative estimate of drug-likeness (QED) is 0.757. The van der Waals surface area contributed by atoms with Gasteiger partial charge in [-0.25, -0.2) is 0 Å². The highest BCUT2D eigenvalue weighted by molar-refractivity contribution is 5.78. The van der Waals surface area contributed by atoms with Crippen molar-refractivity contribution in [1.82, 2.24) is 24.5 Å². The lowest BCUT2D eigenvalue weighted by Crippen LogP contribution is -2.51. The van der Waals surface area contributed by atoms with Gasteiger partial charge in [-0.2, -0.15) is 5.10 Å². The van der Waals surface area contributed by atoms with Crippen molar-refractivity contribution in [3.8, 4) is 0 Å². The molecule has 2 aliphatic heterocycles. The van der Waals surface area contributed by atoms with Crippen molar-refractivity contribution in [2.45, 2.75) is 32.2 Å². The Morgan fingerprint density at radius 3 is 2.29 bits per heavy atom. The number of aryl methyl sites for hydroxylation is 1. The molecular formula is C17H27N5O2. The Kier molecular flexibility index (Phi) is 5.85. The molecule has 0 aromatic carbocycles. The fraction of sp³-hybridized carbons (Fsp3) is 0.706. The minimum absolute atomic E-state index is 0.215. The molecule has 0 spiro atoms. The highest BCUT2D eigenvalue weighted by Gasteiger charge is 2.24. The van der Waals surface area contributed by atoms with Gasteiger partial charge in [-0.05, 0) is 25.3 Å². The molecule has 2 amide bonds. The van der Waals surface area contributed by atoms with Crippen molar-refractivity contribution in [1.29, 1.82) is 0 Å². The second kappa shape index (κ2) is 8.28. The van der Waals surface area contributed by atoms with E-state index in [0.717, 1.165) is 65.1 Å². The number of amides is 2. The first-order valence-corrected chi connectivity index (χ1v) is 8.98. The van der Waals surface area contributed by atoms with Crippen LogP contribution in [0.5, 0.6) is 0 Å². The van der Waals surface area contributed by atoms with Gasteiger partial charge >= 0.3 is 0 Å². The van der Waals surface area contributed by atoms with Crippen LogP contribution in [0.25, 0.3) is 0 Å². The Morgan fingerprint density at radius 2 is 1.62 bits per heavy atom. The van der Waals surface area contributed by atoms with Crippen molar-refractivity contribution in [2.24, 2.45) is 0 Å². The van der Waals surface area contributed by atoms with Gasteiger partial charge in [0.2, 0.25) is 11.8 Å². The summed E-state index contributed by atoms with van der Waals surface area (Å²) in [7, 11) is 0. The Labute approximate surface area is 143 Å². The van der Waals surface area contributed by atoms with Gasteiger partial charge < -0.3 is 9.80 Å². The third-order valence-electron chi connectivity index (χ3n) is 4.88. The molecule has 2 fully saturated rings. The summed E-state index contributed by atoms with van der Waals surface area (Å²) in [6.07, 6.45) is 7.31. The van der Waals surface area contributed by atoms with E-state index in [1.165, 1.54) is 0 Å². The third kappa shape index (κ3) is 4.56. The van der Waals surface area contributed by atoms with Crippen LogP contribution >= 0.6 is 0 Å². The molecule has 1 aromatic heterocycles. The van der Waals surface area contributed by atoms with Crippen LogP contribution in [0.15, 0.2) is 18.5 Å². The zero-order valence-electron chi connectivity index (χ0n) is 14.3. The number of rotatable bonds is 6. The van der Waals surface area contributed by atoms with E-state index in [2.05, 4.69) is 10.00 Å². The maximum Gasteiger partial charge on any atom is 0.236 e. The number of hydrogen-bond acceptors (Lipinski definition) is 4. The number of carbonyl (C=O) groups excluding carboxylic acids is 2. The standard InChI is InChI=1S/C17H27N5O2/c23-16(5-3-9-22-10-4-6-18-22)21-13-11-19(12-14-21)15-17(24)20-7-1-2-8-20/h4,6,10H,1-3,5,7-9,11-15H2. The van der Waals surface area contributed by atoms with E-state index < -0.39 is 0 Å². The van der Waals surface area contributed by atoms with Gasteiger partial charge in [0.1, 0.15) is 0 Å². The van der Waals surface area contributed by atoms with E-state index in [-0.39, 0.29) is 11.8 Å². The van der Waals surface area contributed by atoms with Gasteiger partial charge in [-0.15, -0.1) is 0 Å². The second-order valence-corrected chi connectivity index (χ2v) is 6.62. The summed E-state index contributed by atoms with van der Waals surface area (Å²) in [6.45, 7) is 6.15. The number of hydrogen-bond donors (Lipinski definition) is 0. The zero-order chi connectivity index (χ0) is 16.8. The molecule has 0 atom stereocenters. The van der Waals surface area contributed by atoms with Gasteiger partial charge in [-0.3, -0.25) is 19.2 Å². The second-order valence-electron chi connectivity index (χ2n) is 6.62. The SMILES string of the molecule is O=C(CCCn1cccn1)N1CCN(CC(=O)N2CCCC2)CC1. The molecule has 3 rings (SSSR count). The molecule has 2 saturated heterocycles. The first-order chi connectivity index (χ1) is 11.7. The Hall–Kier alpha value is -1.89. The van der Waals surface area contributed by atoms with Crippen molar-refractivity contribution >= 4 is 11.8 Å². The summed E-state index contributed by atoms with van der Waals surface area (Å²) < 4.78 is 1.86. The minimum Gasteiger partial charge on any atom is -0.342 e. The largest absolute Gasteiger partial charge is 0.342 e. The summed E-state index contributed by atoms with van der Waals surface area (Å²) in [6, 6.07) is 1.89. The summed E-state index contributed by atoms with van der Waals surface area (Å²) in [5.74, 6) is 0.458. The van der Waals surface area contributed by atoms with Crippen LogP contribution in [0.2, 0.25) is 0 Å². The maximum absolute atomic E-state index is 12.3. The molecule has 0 bridgehead atoms. The van der Waals surface area contributed by atoms with Gasteiger partial charge in [0.05, 0.1) is 6.54 Å². The smallest absolute Gasteiger partial charge is 0.236 e. The molecule has 132 valence electrons. The highest BCUT2D eigenvalue weighted by Crippen LogP contribution is 2.10. The summed E-state index contributed by atoms with van der Waals surface area (Å²) >= 11 is 0. The van der Waals surface area contributed by atoms with Crippen LogP contribution in [0.3, 0.4) is 0 Å². The topological polar surface area (TPSA) is 61.7 Å². The lowest BCUT2D eigenvalue weighted by molar-refractivity contribution is -0.134. The Morgan fingerprint density at radius 1 is 0.917 bits per heavy atom. The first-order valence-electron chi connectivity index (χ1n) is 8.98. The predicted octanol–water partition coefficient (Wildman–Crippen LogP) is 0.430. The average molecular weight is 333 g/mol. The third-order valence-corrected chi connectivity index (χ3v) is 4.88. The van der Waals surface area contributed by atoms with Crippen molar-refractivity contribution < 1.29 is 9.59 Å². The molecule has 0 saturated carbocycles. The summed E-state index contributed by atoms with van der Waals surface area (Å²) in [4.78, 5) is 30.5. The van der Waals surface area contributed by atoms with E-state index in [1.807, 2.05) is 26.7 Å². The van der Waals surface area contributed by atoms with Crippen LogP contribution in [-0.4, -0.2) is 82.1 Å². The molecule has 0 N–H and O–H groups in total. The van der Waals surface area contributed by atoms with E-state index in [9.17, 15) is 9.59 Å². The number of aromatic nitrogens is 2. The molecule has 7 nitrogen and oxygen atoms in total. The summed E-state index contributed by atoms with van der Waals surface area (Å²) in [5, 5.41) is 4.14. The fourth-order valence-electron chi connectivity index (χ4n) is 3.40. The molecule has 0 unspecified atom stereocenters. The van der Waals surface area contributed by atoms with Crippen molar-refractivity contribution in [3.05, 3.63) is 18.5 Å². The van der Waals surface area contributed by atoms with Gasteiger partial charge in [0.25, 0.3) is 0 Å². The lowest BCUT2D eigenvalue weighted by atomic mass is 10.2. The van der Waals surface area contributed by atoms with Gasteiger partial charge in [0, 0.05) is 64.6 Å². The maximum atomic E-state index is 12.3. The number of carbonyl (C=O) groups is 2. The van der Waals surface area contributed by atoms with Crippen LogP contribution < -0.4 is 0 Å². The molecular weight excluding hydrogens is 306 g/mol. The molecule has 3 heterocycles. The number of likely N-dealkylation sites (tertiary alicyclic amines) is 1. The summed E-state index contributed by atoms with van der Waals surface area (Å²) in [5.41, 5.74) is 0. The molecule has 0 aliphatic carbocycles. The first kappa shape index (κ1) is 17.0. The van der Waals surface area contributed by atoms with Crippen molar-refractivity contribution in [3.63, 3.8) is 0 Å². The van der Waals surface area contributed by atoms with Crippen LogP contribution in [0, 0.1) is 0 Å². The van der Waals surface area contributed by atoms with E-state index in [0.29, 0.717) is 13.0 Å². The Balaban J connectivity index is 1.33. The highest BCUT2D eigenvalue weighted by atomic mass is 16.2. The lowest BCUT2D eigenvalue weighted by Gasteiger charge is -2.35. The molecule has 1 aromatic rings. The van der Waals surface area contributed by atoms with E-state index in [1.54, 1.807) is 6.20 Å². The van der Waals surface area contributed by atoms with Gasteiger partial charge in [-0.1, -0.05) is 0 Å². The normalized spacial score (nSPS) is 19.0. The minimum atomic E-state index is 0.215.